The quantitative estimate of drug-likeness (QED) is 0.719. The minimum atomic E-state index is -0.347. The van der Waals surface area contributed by atoms with E-state index in [0.29, 0.717) is 0 Å². The van der Waals surface area contributed by atoms with Gasteiger partial charge >= 0.3 is 0 Å². The maximum atomic E-state index is 9.39. The molecule has 1 rings (SSSR count). The highest BCUT2D eigenvalue weighted by Gasteiger charge is 2.25. The van der Waals surface area contributed by atoms with Crippen LogP contribution in [-0.4, -0.2) is 42.1 Å². The number of hydrogen-bond acceptors (Lipinski definition) is 4. The molecule has 0 aliphatic carbocycles. The zero-order valence-corrected chi connectivity index (χ0v) is 13.6. The molecule has 0 spiro atoms. The van der Waals surface area contributed by atoms with Crippen LogP contribution in [0.25, 0.3) is 0 Å². The van der Waals surface area contributed by atoms with Gasteiger partial charge in [0, 0.05) is 18.9 Å². The molecule has 4 heteroatoms. The van der Waals surface area contributed by atoms with Crippen LogP contribution in [0.1, 0.15) is 38.7 Å². The molecule has 0 bridgehead atoms. The minimum Gasteiger partial charge on any atom is -0.306 e. The van der Waals surface area contributed by atoms with Gasteiger partial charge in [-0.25, -0.2) is 0 Å². The summed E-state index contributed by atoms with van der Waals surface area (Å²) in [5.74, 6) is 0. The van der Waals surface area contributed by atoms with Crippen molar-refractivity contribution in [2.45, 2.75) is 45.1 Å². The van der Waals surface area contributed by atoms with E-state index in [1.807, 2.05) is 12.4 Å². The van der Waals surface area contributed by atoms with Gasteiger partial charge in [-0.1, -0.05) is 13.8 Å². The van der Waals surface area contributed by atoms with Crippen LogP contribution in [0.4, 0.5) is 0 Å². The maximum absolute atomic E-state index is 9.39. The number of rotatable bonds is 10. The Hall–Kier alpha value is -1.44. The molecule has 21 heavy (non-hydrogen) atoms. The average Bonchev–Trinajstić information content (AvgIpc) is 2.53. The van der Waals surface area contributed by atoms with Gasteiger partial charge in [0.25, 0.3) is 0 Å². The Labute approximate surface area is 129 Å². The highest BCUT2D eigenvalue weighted by molar-refractivity contribution is 5.10. The first-order valence-corrected chi connectivity index (χ1v) is 7.89. The molecule has 1 aromatic rings. The molecular formula is C17H28N4. The first-order valence-electron chi connectivity index (χ1n) is 7.89. The summed E-state index contributed by atoms with van der Waals surface area (Å²) in [6, 6.07) is 6.59. The molecule has 0 aromatic carbocycles. The second-order valence-electron chi connectivity index (χ2n) is 5.59. The molecule has 0 saturated heterocycles. The zero-order chi connectivity index (χ0) is 15.6. The Balaban J connectivity index is 2.29. The highest BCUT2D eigenvalue weighted by atomic mass is 15.1. The second-order valence-corrected chi connectivity index (χ2v) is 5.59. The summed E-state index contributed by atoms with van der Waals surface area (Å²) in [5.41, 5.74) is 0.977. The topological polar surface area (TPSA) is 52.0 Å². The predicted molar refractivity (Wildman–Crippen MR) is 87.0 cm³/mol. The summed E-state index contributed by atoms with van der Waals surface area (Å²) < 4.78 is 0. The van der Waals surface area contributed by atoms with Crippen molar-refractivity contribution < 1.29 is 0 Å². The molecule has 1 heterocycles. The summed E-state index contributed by atoms with van der Waals surface area (Å²) in [6.07, 6.45) is 7.54. The van der Waals surface area contributed by atoms with Gasteiger partial charge in [-0.15, -0.1) is 0 Å². The van der Waals surface area contributed by atoms with Gasteiger partial charge in [0.15, 0.2) is 0 Å². The number of aromatic nitrogens is 1. The fourth-order valence-corrected chi connectivity index (χ4v) is 2.54. The van der Waals surface area contributed by atoms with E-state index in [9.17, 15) is 5.26 Å². The van der Waals surface area contributed by atoms with Crippen LogP contribution in [0.5, 0.6) is 0 Å². The minimum absolute atomic E-state index is 0.347. The van der Waals surface area contributed by atoms with Crippen LogP contribution in [0.3, 0.4) is 0 Å². The molecule has 4 nitrogen and oxygen atoms in total. The van der Waals surface area contributed by atoms with Crippen molar-refractivity contribution in [1.29, 1.82) is 5.26 Å². The van der Waals surface area contributed by atoms with Gasteiger partial charge in [-0.05, 0) is 63.5 Å². The van der Waals surface area contributed by atoms with Gasteiger partial charge in [-0.3, -0.25) is 10.3 Å². The summed E-state index contributed by atoms with van der Waals surface area (Å²) in [6.45, 7) is 7.05. The molecule has 1 atom stereocenters. The summed E-state index contributed by atoms with van der Waals surface area (Å²) in [5, 5.41) is 12.7. The molecule has 0 radical (unpaired) electrons. The third kappa shape index (κ3) is 6.24. The van der Waals surface area contributed by atoms with Crippen molar-refractivity contribution in [2.75, 3.05) is 26.7 Å². The summed E-state index contributed by atoms with van der Waals surface area (Å²) >= 11 is 0. The largest absolute Gasteiger partial charge is 0.306 e. The van der Waals surface area contributed by atoms with E-state index in [0.717, 1.165) is 45.3 Å². The molecule has 116 valence electrons. The Morgan fingerprint density at radius 2 is 2.00 bits per heavy atom. The van der Waals surface area contributed by atoms with Crippen LogP contribution < -0.4 is 5.32 Å². The number of nitrogens with zero attached hydrogens (tertiary/aromatic N) is 3. The molecule has 1 unspecified atom stereocenters. The first-order chi connectivity index (χ1) is 10.2. The molecule has 1 N–H and O–H groups in total. The van der Waals surface area contributed by atoms with Crippen molar-refractivity contribution in [3.63, 3.8) is 0 Å². The number of nitrogens with one attached hydrogen (secondary N) is 1. The van der Waals surface area contributed by atoms with Crippen molar-refractivity contribution in [3.8, 4) is 6.07 Å². The molecular weight excluding hydrogens is 260 g/mol. The summed E-state index contributed by atoms with van der Waals surface area (Å²) in [7, 11) is 2.15. The van der Waals surface area contributed by atoms with Crippen LogP contribution in [0.15, 0.2) is 24.5 Å². The van der Waals surface area contributed by atoms with Crippen molar-refractivity contribution in [2.24, 2.45) is 0 Å². The fraction of sp³-hybridized carbons (Fsp3) is 0.647. The van der Waals surface area contributed by atoms with Crippen molar-refractivity contribution in [1.82, 2.24) is 15.2 Å². The van der Waals surface area contributed by atoms with Gasteiger partial charge in [0.05, 0.1) is 6.07 Å². The van der Waals surface area contributed by atoms with Crippen LogP contribution in [0.2, 0.25) is 0 Å². The van der Waals surface area contributed by atoms with E-state index in [1.165, 1.54) is 5.56 Å². The lowest BCUT2D eigenvalue weighted by Gasteiger charge is -2.27. The normalized spacial score (nSPS) is 13.9. The lowest BCUT2D eigenvalue weighted by atomic mass is 9.92. The second kappa shape index (κ2) is 9.49. The lowest BCUT2D eigenvalue weighted by molar-refractivity contribution is 0.298. The van der Waals surface area contributed by atoms with E-state index >= 15 is 0 Å². The number of hydrogen-bond donors (Lipinski definition) is 1. The van der Waals surface area contributed by atoms with Gasteiger partial charge in [-0.2, -0.15) is 5.26 Å². The first kappa shape index (κ1) is 17.6. The van der Waals surface area contributed by atoms with E-state index in [-0.39, 0.29) is 5.54 Å². The van der Waals surface area contributed by atoms with Gasteiger partial charge in [0.2, 0.25) is 0 Å². The summed E-state index contributed by atoms with van der Waals surface area (Å²) in [4.78, 5) is 6.37. The van der Waals surface area contributed by atoms with Crippen LogP contribution in [-0.2, 0) is 6.42 Å². The Bertz CT molecular complexity index is 426. The Morgan fingerprint density at radius 1 is 1.29 bits per heavy atom. The molecule has 0 aliphatic rings. The standard InChI is InChI=1S/C17H28N4/c1-4-17(15-18,20-5-2)10-6-13-21(3)14-9-16-7-11-19-12-8-16/h7-8,11-12,20H,4-6,9-10,13-14H2,1-3H3. The maximum Gasteiger partial charge on any atom is 0.106 e. The Kier molecular flexibility index (Phi) is 7.96. The molecule has 0 saturated carbocycles. The van der Waals surface area contributed by atoms with Crippen LogP contribution in [0, 0.1) is 11.3 Å². The van der Waals surface area contributed by atoms with E-state index < -0.39 is 0 Å². The van der Waals surface area contributed by atoms with Gasteiger partial charge in [0.1, 0.15) is 5.54 Å². The zero-order valence-electron chi connectivity index (χ0n) is 13.6. The lowest BCUT2D eigenvalue weighted by Crippen LogP contribution is -2.43. The van der Waals surface area contributed by atoms with Crippen molar-refractivity contribution >= 4 is 0 Å². The predicted octanol–water partition coefficient (Wildman–Crippen LogP) is 2.62. The molecule has 0 fully saturated rings. The van der Waals surface area contributed by atoms with Gasteiger partial charge < -0.3 is 4.90 Å². The number of nitriles is 1. The number of pyridine rings is 1. The van der Waals surface area contributed by atoms with Crippen LogP contribution >= 0.6 is 0 Å². The van der Waals surface area contributed by atoms with E-state index in [4.69, 9.17) is 0 Å². The molecule has 0 aliphatic heterocycles. The highest BCUT2D eigenvalue weighted by Crippen LogP contribution is 2.16. The Morgan fingerprint density at radius 3 is 2.57 bits per heavy atom. The average molecular weight is 288 g/mol. The smallest absolute Gasteiger partial charge is 0.106 e. The van der Waals surface area contributed by atoms with E-state index in [1.54, 1.807) is 0 Å². The molecule has 0 amide bonds. The third-order valence-electron chi connectivity index (χ3n) is 4.01. The fourth-order valence-electron chi connectivity index (χ4n) is 2.54. The van der Waals surface area contributed by atoms with E-state index in [2.05, 4.69) is 54.3 Å². The molecule has 1 aromatic heterocycles. The monoisotopic (exact) mass is 288 g/mol. The van der Waals surface area contributed by atoms with Crippen molar-refractivity contribution in [3.05, 3.63) is 30.1 Å². The number of likely N-dealkylation sites (N-methyl/N-ethyl adjacent to an activating group) is 1. The SMILES string of the molecule is CCNC(C#N)(CC)CCCN(C)CCc1ccncc1. The third-order valence-corrected chi connectivity index (χ3v) is 4.01.